The number of carbonyl (C=O) groups excluding carboxylic acids is 1. The van der Waals surface area contributed by atoms with Crippen molar-refractivity contribution in [1.82, 2.24) is 0 Å². The molecule has 2 rings (SSSR count). The summed E-state index contributed by atoms with van der Waals surface area (Å²) in [6.45, 7) is 0. The zero-order valence-electron chi connectivity index (χ0n) is 7.55. The van der Waals surface area contributed by atoms with E-state index >= 15 is 0 Å². The van der Waals surface area contributed by atoms with Gasteiger partial charge in [-0.3, -0.25) is 0 Å². The molecule has 0 fully saturated rings. The second-order valence-corrected chi connectivity index (χ2v) is 3.71. The van der Waals surface area contributed by atoms with Crippen LogP contribution in [0.15, 0.2) is 42.5 Å². The van der Waals surface area contributed by atoms with E-state index in [1.54, 1.807) is 0 Å². The lowest BCUT2D eigenvalue weighted by Gasteiger charge is -2.07. The Labute approximate surface area is 88.2 Å². The van der Waals surface area contributed by atoms with E-state index in [4.69, 9.17) is 0 Å². The maximum atomic E-state index is 10.7. The lowest BCUT2D eigenvalue weighted by molar-refractivity contribution is -0.107. The third-order valence-corrected chi connectivity index (χ3v) is 2.67. The highest BCUT2D eigenvalue weighted by atomic mass is 32.1. The fourth-order valence-electron chi connectivity index (χ4n) is 1.58. The summed E-state index contributed by atoms with van der Waals surface area (Å²) >= 11 is 4.23. The Bertz CT molecular complexity index is 459. The molecule has 0 bridgehead atoms. The Morgan fingerprint density at radius 2 is 1.79 bits per heavy atom. The molecule has 70 valence electrons. The van der Waals surface area contributed by atoms with Crippen LogP contribution < -0.4 is 0 Å². The van der Waals surface area contributed by atoms with Crippen LogP contribution in [0, 0.1) is 0 Å². The first-order valence-electron chi connectivity index (χ1n) is 4.44. The van der Waals surface area contributed by atoms with Crippen LogP contribution >= 0.6 is 12.6 Å². The summed E-state index contributed by atoms with van der Waals surface area (Å²) in [7, 11) is 0. The molecule has 1 atom stereocenters. The van der Waals surface area contributed by atoms with Gasteiger partial charge in [-0.05, 0) is 16.3 Å². The van der Waals surface area contributed by atoms with Gasteiger partial charge in [0.05, 0.1) is 5.25 Å². The average Bonchev–Trinajstić information content (AvgIpc) is 2.27. The molecule has 2 aromatic rings. The summed E-state index contributed by atoms with van der Waals surface area (Å²) in [6.07, 6.45) is 0.852. The fourth-order valence-corrected chi connectivity index (χ4v) is 1.81. The lowest BCUT2D eigenvalue weighted by Crippen LogP contribution is -1.92. The van der Waals surface area contributed by atoms with E-state index in [9.17, 15) is 4.79 Å². The zero-order chi connectivity index (χ0) is 9.97. The van der Waals surface area contributed by atoms with Crippen molar-refractivity contribution in [2.24, 2.45) is 0 Å². The van der Waals surface area contributed by atoms with Crippen molar-refractivity contribution < 1.29 is 4.79 Å². The molecule has 0 spiro atoms. The highest BCUT2D eigenvalue weighted by molar-refractivity contribution is 7.81. The van der Waals surface area contributed by atoms with Crippen molar-refractivity contribution in [1.29, 1.82) is 0 Å². The second-order valence-electron chi connectivity index (χ2n) is 3.15. The van der Waals surface area contributed by atoms with Crippen LogP contribution in [-0.2, 0) is 4.79 Å². The minimum atomic E-state index is -0.332. The summed E-state index contributed by atoms with van der Waals surface area (Å²) in [6, 6.07) is 13.9. The van der Waals surface area contributed by atoms with Gasteiger partial charge in [-0.2, -0.15) is 12.6 Å². The van der Waals surface area contributed by atoms with Gasteiger partial charge in [0.2, 0.25) is 0 Å². The normalized spacial score (nSPS) is 12.6. The molecule has 0 amide bonds. The topological polar surface area (TPSA) is 17.1 Å². The van der Waals surface area contributed by atoms with Crippen molar-refractivity contribution in [2.75, 3.05) is 0 Å². The number of rotatable bonds is 2. The number of hydrogen-bond donors (Lipinski definition) is 1. The van der Waals surface area contributed by atoms with Crippen molar-refractivity contribution in [3.63, 3.8) is 0 Å². The Morgan fingerprint density at radius 3 is 2.57 bits per heavy atom. The van der Waals surface area contributed by atoms with Gasteiger partial charge >= 0.3 is 0 Å². The van der Waals surface area contributed by atoms with E-state index in [0.29, 0.717) is 0 Å². The van der Waals surface area contributed by atoms with Gasteiger partial charge < -0.3 is 4.79 Å². The number of hydrogen-bond acceptors (Lipinski definition) is 2. The number of fused-ring (bicyclic) bond motifs is 1. The molecule has 0 aliphatic rings. The maximum absolute atomic E-state index is 10.7. The third kappa shape index (κ3) is 1.53. The number of carbonyl (C=O) groups is 1. The van der Waals surface area contributed by atoms with Gasteiger partial charge in [-0.1, -0.05) is 42.5 Å². The van der Waals surface area contributed by atoms with Gasteiger partial charge in [0, 0.05) is 0 Å². The van der Waals surface area contributed by atoms with E-state index in [1.807, 2.05) is 42.5 Å². The van der Waals surface area contributed by atoms with Crippen LogP contribution in [0.25, 0.3) is 10.8 Å². The largest absolute Gasteiger partial charge is 0.302 e. The van der Waals surface area contributed by atoms with Crippen molar-refractivity contribution in [2.45, 2.75) is 5.25 Å². The van der Waals surface area contributed by atoms with Gasteiger partial charge in [-0.15, -0.1) is 0 Å². The Balaban J connectivity index is 2.70. The maximum Gasteiger partial charge on any atom is 0.137 e. The summed E-state index contributed by atoms with van der Waals surface area (Å²) in [4.78, 5) is 10.7. The molecule has 0 aliphatic heterocycles. The molecule has 0 saturated carbocycles. The van der Waals surface area contributed by atoms with E-state index in [0.717, 1.165) is 22.6 Å². The van der Waals surface area contributed by atoms with Crippen molar-refractivity contribution >= 4 is 29.7 Å². The Hall–Kier alpha value is -1.28. The molecule has 0 saturated heterocycles. The number of thiol groups is 1. The molecule has 0 heterocycles. The standard InChI is InChI=1S/C12H10OS/c13-8-12(14)11-7-3-5-9-4-1-2-6-10(9)11/h1-8,12,14H. The summed E-state index contributed by atoms with van der Waals surface area (Å²) in [5.41, 5.74) is 0.974. The highest BCUT2D eigenvalue weighted by Gasteiger charge is 2.07. The van der Waals surface area contributed by atoms with Gasteiger partial charge in [0.15, 0.2) is 0 Å². The Kier molecular flexibility index (Phi) is 2.55. The molecule has 1 unspecified atom stereocenters. The average molecular weight is 202 g/mol. The van der Waals surface area contributed by atoms with Crippen molar-refractivity contribution in [3.05, 3.63) is 48.0 Å². The molecule has 2 aromatic carbocycles. The molecule has 1 nitrogen and oxygen atoms in total. The summed E-state index contributed by atoms with van der Waals surface area (Å²) in [5.74, 6) is 0. The third-order valence-electron chi connectivity index (χ3n) is 2.27. The Morgan fingerprint density at radius 1 is 1.07 bits per heavy atom. The molecular weight excluding hydrogens is 192 g/mol. The predicted octanol–water partition coefficient (Wildman–Crippen LogP) is 3.01. The first-order valence-corrected chi connectivity index (χ1v) is 4.95. The zero-order valence-corrected chi connectivity index (χ0v) is 8.45. The fraction of sp³-hybridized carbons (Fsp3) is 0.0833. The van der Waals surface area contributed by atoms with Gasteiger partial charge in [0.1, 0.15) is 6.29 Å². The van der Waals surface area contributed by atoms with Gasteiger partial charge in [-0.25, -0.2) is 0 Å². The van der Waals surface area contributed by atoms with E-state index < -0.39 is 0 Å². The van der Waals surface area contributed by atoms with Crippen LogP contribution in [0.2, 0.25) is 0 Å². The van der Waals surface area contributed by atoms with Crippen LogP contribution in [0.4, 0.5) is 0 Å². The molecule has 0 N–H and O–H groups in total. The minimum Gasteiger partial charge on any atom is -0.302 e. The van der Waals surface area contributed by atoms with Crippen LogP contribution in [0.3, 0.4) is 0 Å². The smallest absolute Gasteiger partial charge is 0.137 e. The van der Waals surface area contributed by atoms with E-state index in [2.05, 4.69) is 12.6 Å². The molecule has 0 aliphatic carbocycles. The lowest BCUT2D eigenvalue weighted by atomic mass is 10.0. The summed E-state index contributed by atoms with van der Waals surface area (Å²) in [5, 5.41) is 1.91. The molecule has 14 heavy (non-hydrogen) atoms. The number of aldehydes is 1. The van der Waals surface area contributed by atoms with Crippen LogP contribution in [0.1, 0.15) is 10.8 Å². The molecule has 0 radical (unpaired) electrons. The minimum absolute atomic E-state index is 0.332. The van der Waals surface area contributed by atoms with Gasteiger partial charge in [0.25, 0.3) is 0 Å². The first-order chi connectivity index (χ1) is 6.83. The predicted molar refractivity (Wildman–Crippen MR) is 61.7 cm³/mol. The molecular formula is C12H10OS. The van der Waals surface area contributed by atoms with Crippen LogP contribution in [-0.4, -0.2) is 6.29 Å². The monoisotopic (exact) mass is 202 g/mol. The quantitative estimate of drug-likeness (QED) is 0.585. The second kappa shape index (κ2) is 3.84. The highest BCUT2D eigenvalue weighted by Crippen LogP contribution is 2.26. The van der Waals surface area contributed by atoms with Crippen molar-refractivity contribution in [3.8, 4) is 0 Å². The molecule has 0 aromatic heterocycles. The first kappa shape index (κ1) is 9.28. The van der Waals surface area contributed by atoms with Crippen LogP contribution in [0.5, 0.6) is 0 Å². The summed E-state index contributed by atoms with van der Waals surface area (Å²) < 4.78 is 0. The van der Waals surface area contributed by atoms with E-state index in [1.165, 1.54) is 0 Å². The molecule has 2 heteroatoms. The number of benzene rings is 2. The van der Waals surface area contributed by atoms with E-state index in [-0.39, 0.29) is 5.25 Å². The SMILES string of the molecule is O=CC(S)c1cccc2ccccc12.